The molecule has 1 atom stereocenters. The number of hydrogen-bond acceptors (Lipinski definition) is 3. The topological polar surface area (TPSA) is 51.0 Å². The zero-order valence-electron chi connectivity index (χ0n) is 14.9. The van der Waals surface area contributed by atoms with Gasteiger partial charge in [-0.2, -0.15) is 5.10 Å². The van der Waals surface area contributed by atoms with Crippen molar-refractivity contribution < 1.29 is 9.18 Å². The first kappa shape index (κ1) is 19.0. The summed E-state index contributed by atoms with van der Waals surface area (Å²) >= 11 is 3.30. The Morgan fingerprint density at radius 3 is 2.67 bits per heavy atom. The molecule has 0 N–H and O–H groups in total. The van der Waals surface area contributed by atoms with E-state index < -0.39 is 0 Å². The molecule has 27 heavy (non-hydrogen) atoms. The monoisotopic (exact) mass is 428 g/mol. The summed E-state index contributed by atoms with van der Waals surface area (Å²) < 4.78 is 16.2. The molecule has 5 nitrogen and oxygen atoms in total. The van der Waals surface area contributed by atoms with Gasteiger partial charge in [-0.05, 0) is 48.9 Å². The number of amides is 1. The smallest absolute Gasteiger partial charge is 0.246 e. The number of hydrogen-bond donors (Lipinski definition) is 0. The van der Waals surface area contributed by atoms with Gasteiger partial charge < -0.3 is 4.90 Å². The van der Waals surface area contributed by atoms with Crippen LogP contribution in [0.15, 0.2) is 65.7 Å². The van der Waals surface area contributed by atoms with Crippen molar-refractivity contribution in [3.63, 3.8) is 0 Å². The maximum absolute atomic E-state index is 13.8. The molecule has 3 aromatic rings. The standard InChI is InChI=1S/C20H18BrFN4O/c1-14(15-3-7-18(8-4-15)26-13-23-12-24-26)25(2)20(27)10-5-16-11-17(21)6-9-19(16)22/h3-14H,1-2H3/b10-5+/t14-/m1/s1. The largest absolute Gasteiger partial charge is 0.335 e. The molecule has 0 radical (unpaired) electrons. The fraction of sp³-hybridized carbons (Fsp3) is 0.150. The van der Waals surface area contributed by atoms with Crippen molar-refractivity contribution in [3.05, 3.63) is 82.6 Å². The van der Waals surface area contributed by atoms with Crippen molar-refractivity contribution in [3.8, 4) is 5.69 Å². The predicted octanol–water partition coefficient (Wildman–Crippen LogP) is 4.40. The van der Waals surface area contributed by atoms with E-state index >= 15 is 0 Å². The van der Waals surface area contributed by atoms with E-state index in [4.69, 9.17) is 0 Å². The maximum atomic E-state index is 13.8. The van der Waals surface area contributed by atoms with Gasteiger partial charge in [0, 0.05) is 23.2 Å². The van der Waals surface area contributed by atoms with Crippen LogP contribution < -0.4 is 0 Å². The van der Waals surface area contributed by atoms with Gasteiger partial charge in [0.15, 0.2) is 0 Å². The lowest BCUT2D eigenvalue weighted by molar-refractivity contribution is -0.126. The molecule has 138 valence electrons. The zero-order chi connectivity index (χ0) is 19.4. The molecule has 0 fully saturated rings. The second-order valence-electron chi connectivity index (χ2n) is 6.06. The van der Waals surface area contributed by atoms with Crippen LogP contribution in [0.2, 0.25) is 0 Å². The summed E-state index contributed by atoms with van der Waals surface area (Å²) in [5.74, 6) is -0.580. The molecule has 0 aliphatic heterocycles. The fourth-order valence-corrected chi connectivity index (χ4v) is 2.96. The third kappa shape index (κ3) is 4.49. The fourth-order valence-electron chi connectivity index (χ4n) is 2.58. The predicted molar refractivity (Wildman–Crippen MR) is 106 cm³/mol. The lowest BCUT2D eigenvalue weighted by Gasteiger charge is -2.24. The van der Waals surface area contributed by atoms with Gasteiger partial charge >= 0.3 is 0 Å². The number of halogens is 2. The van der Waals surface area contributed by atoms with Crippen molar-refractivity contribution in [1.29, 1.82) is 0 Å². The summed E-state index contributed by atoms with van der Waals surface area (Å²) in [4.78, 5) is 18.0. The first-order valence-corrected chi connectivity index (χ1v) is 9.10. The van der Waals surface area contributed by atoms with Crippen molar-refractivity contribution in [2.75, 3.05) is 7.05 Å². The van der Waals surface area contributed by atoms with Crippen LogP contribution in [-0.2, 0) is 4.79 Å². The average molecular weight is 429 g/mol. The van der Waals surface area contributed by atoms with Gasteiger partial charge in [-0.15, -0.1) is 0 Å². The second kappa shape index (κ2) is 8.26. The van der Waals surface area contributed by atoms with E-state index in [2.05, 4.69) is 26.0 Å². The third-order valence-electron chi connectivity index (χ3n) is 4.35. The molecule has 0 saturated heterocycles. The normalized spacial score (nSPS) is 12.3. The molecule has 0 aliphatic rings. The summed E-state index contributed by atoms with van der Waals surface area (Å²) in [6, 6.07) is 12.2. The van der Waals surface area contributed by atoms with Gasteiger partial charge in [-0.25, -0.2) is 14.1 Å². The SMILES string of the molecule is C[C@H](c1ccc(-n2cncn2)cc1)N(C)C(=O)/C=C/c1cc(Br)ccc1F. The van der Waals surface area contributed by atoms with Gasteiger partial charge in [-0.3, -0.25) is 4.79 Å². The summed E-state index contributed by atoms with van der Waals surface area (Å²) in [6.07, 6.45) is 5.97. The zero-order valence-corrected chi connectivity index (χ0v) is 16.5. The number of carbonyl (C=O) groups is 1. The molecule has 2 aromatic carbocycles. The molecular weight excluding hydrogens is 411 g/mol. The summed E-state index contributed by atoms with van der Waals surface area (Å²) in [6.45, 7) is 1.94. The minimum atomic E-state index is -0.373. The number of nitrogens with zero attached hydrogens (tertiary/aromatic N) is 4. The Morgan fingerprint density at radius 2 is 2.00 bits per heavy atom. The van der Waals surface area contributed by atoms with E-state index in [1.807, 2.05) is 31.2 Å². The van der Waals surface area contributed by atoms with Gasteiger partial charge in [0.2, 0.25) is 5.91 Å². The molecule has 1 amide bonds. The summed E-state index contributed by atoms with van der Waals surface area (Å²) in [5, 5.41) is 4.09. The van der Waals surface area contributed by atoms with Crippen LogP contribution in [0.4, 0.5) is 4.39 Å². The third-order valence-corrected chi connectivity index (χ3v) is 4.84. The van der Waals surface area contributed by atoms with E-state index in [1.165, 1.54) is 24.5 Å². The molecule has 0 saturated carbocycles. The van der Waals surface area contributed by atoms with Crippen molar-refractivity contribution in [1.82, 2.24) is 19.7 Å². The molecule has 1 aromatic heterocycles. The van der Waals surface area contributed by atoms with Crippen LogP contribution in [0.5, 0.6) is 0 Å². The Labute approximate surface area is 165 Å². The Balaban J connectivity index is 1.70. The minimum Gasteiger partial charge on any atom is -0.335 e. The molecule has 0 unspecified atom stereocenters. The number of benzene rings is 2. The molecule has 0 spiro atoms. The Kier molecular flexibility index (Phi) is 5.81. The van der Waals surface area contributed by atoms with Crippen molar-refractivity contribution in [2.45, 2.75) is 13.0 Å². The Morgan fingerprint density at radius 1 is 1.26 bits per heavy atom. The van der Waals surface area contributed by atoms with Gasteiger partial charge in [0.05, 0.1) is 11.7 Å². The highest BCUT2D eigenvalue weighted by molar-refractivity contribution is 9.10. The van der Waals surface area contributed by atoms with Crippen molar-refractivity contribution in [2.24, 2.45) is 0 Å². The Hall–Kier alpha value is -2.80. The van der Waals surface area contributed by atoms with Gasteiger partial charge in [0.25, 0.3) is 0 Å². The summed E-state index contributed by atoms with van der Waals surface area (Å²) in [7, 11) is 1.72. The van der Waals surface area contributed by atoms with Crippen LogP contribution in [-0.4, -0.2) is 32.6 Å². The highest BCUT2D eigenvalue weighted by atomic mass is 79.9. The minimum absolute atomic E-state index is 0.140. The van der Waals surface area contributed by atoms with Crippen LogP contribution >= 0.6 is 15.9 Å². The molecule has 0 aliphatic carbocycles. The lowest BCUT2D eigenvalue weighted by Crippen LogP contribution is -2.28. The van der Waals surface area contributed by atoms with Crippen molar-refractivity contribution >= 4 is 27.9 Å². The second-order valence-corrected chi connectivity index (χ2v) is 6.97. The van der Waals surface area contributed by atoms with E-state index in [0.717, 1.165) is 15.7 Å². The lowest BCUT2D eigenvalue weighted by atomic mass is 10.1. The number of carbonyl (C=O) groups excluding carboxylic acids is 1. The average Bonchev–Trinajstić information content (AvgIpc) is 3.22. The molecule has 0 bridgehead atoms. The van der Waals surface area contributed by atoms with E-state index in [-0.39, 0.29) is 17.8 Å². The molecule has 1 heterocycles. The summed E-state index contributed by atoms with van der Waals surface area (Å²) in [5.41, 5.74) is 2.23. The van der Waals surface area contributed by atoms with Crippen LogP contribution in [0.3, 0.4) is 0 Å². The van der Waals surface area contributed by atoms with E-state index in [9.17, 15) is 9.18 Å². The van der Waals surface area contributed by atoms with Crippen LogP contribution in [0.1, 0.15) is 24.1 Å². The molecule has 7 heteroatoms. The van der Waals surface area contributed by atoms with Crippen LogP contribution in [0.25, 0.3) is 11.8 Å². The van der Waals surface area contributed by atoms with Crippen LogP contribution in [0, 0.1) is 5.82 Å². The number of rotatable bonds is 5. The molecule has 3 rings (SSSR count). The highest BCUT2D eigenvalue weighted by Crippen LogP contribution is 2.21. The number of aromatic nitrogens is 3. The quantitative estimate of drug-likeness (QED) is 0.565. The molecular formula is C20H18BrFN4O. The van der Waals surface area contributed by atoms with Gasteiger partial charge in [-0.1, -0.05) is 28.1 Å². The van der Waals surface area contributed by atoms with E-state index in [0.29, 0.717) is 5.56 Å². The maximum Gasteiger partial charge on any atom is 0.246 e. The first-order chi connectivity index (χ1) is 13.0. The Bertz CT molecular complexity index is 955. The highest BCUT2D eigenvalue weighted by Gasteiger charge is 2.15. The number of likely N-dealkylation sites (N-methyl/N-ethyl adjacent to an activating group) is 1. The van der Waals surface area contributed by atoms with E-state index in [1.54, 1.807) is 35.1 Å². The van der Waals surface area contributed by atoms with Gasteiger partial charge in [0.1, 0.15) is 18.5 Å². The first-order valence-electron chi connectivity index (χ1n) is 8.30.